The van der Waals surface area contributed by atoms with Crippen LogP contribution in [0.5, 0.6) is 0 Å². The number of carbonyl (C=O) groups excluding carboxylic acids is 2. The normalized spacial score (nSPS) is 16.8. The average molecular weight is 513 g/mol. The fourth-order valence-electron chi connectivity index (χ4n) is 4.97. The van der Waals surface area contributed by atoms with E-state index in [1.54, 1.807) is 21.9 Å². The maximum absolute atomic E-state index is 13.5. The van der Waals surface area contributed by atoms with E-state index in [0.717, 1.165) is 16.9 Å². The van der Waals surface area contributed by atoms with E-state index >= 15 is 0 Å². The molecule has 1 unspecified atom stereocenters. The Morgan fingerprint density at radius 3 is 2.31 bits per heavy atom. The molecule has 0 saturated carbocycles. The lowest BCUT2D eigenvalue weighted by molar-refractivity contribution is -0.133. The number of anilines is 2. The van der Waals surface area contributed by atoms with Gasteiger partial charge in [0.25, 0.3) is 0 Å². The van der Waals surface area contributed by atoms with Crippen LogP contribution in [0.25, 0.3) is 0 Å². The van der Waals surface area contributed by atoms with Crippen molar-refractivity contribution in [3.05, 3.63) is 54.1 Å². The lowest BCUT2D eigenvalue weighted by Gasteiger charge is -2.38. The Morgan fingerprint density at radius 2 is 1.67 bits per heavy atom. The van der Waals surface area contributed by atoms with Gasteiger partial charge < -0.3 is 14.7 Å². The second kappa shape index (κ2) is 11.0. The summed E-state index contributed by atoms with van der Waals surface area (Å²) in [5, 5.41) is 0. The van der Waals surface area contributed by atoms with Crippen LogP contribution >= 0.6 is 0 Å². The maximum Gasteiger partial charge on any atom is 0.241 e. The van der Waals surface area contributed by atoms with Crippen LogP contribution in [0.2, 0.25) is 0 Å². The summed E-state index contributed by atoms with van der Waals surface area (Å²) in [6.45, 7) is 8.84. The van der Waals surface area contributed by atoms with Crippen LogP contribution in [-0.2, 0) is 26.0 Å². The molecule has 0 aliphatic carbocycles. The van der Waals surface area contributed by atoms with E-state index < -0.39 is 16.1 Å². The summed E-state index contributed by atoms with van der Waals surface area (Å²) in [6, 6.07) is 14.1. The number of benzene rings is 2. The SMILES string of the molecule is CCC(=O)N1CCc2cc(S(=O)(=O)NC(CC(C)C)C(=O)N3CCN(c4ccccc4)CC3)ccc21. The number of hydrogen-bond donors (Lipinski definition) is 1. The molecule has 2 aromatic rings. The van der Waals surface area contributed by atoms with Gasteiger partial charge in [-0.3, -0.25) is 9.59 Å². The number of nitrogens with one attached hydrogen (secondary N) is 1. The Morgan fingerprint density at radius 1 is 0.972 bits per heavy atom. The number of fused-ring (bicyclic) bond motifs is 1. The molecule has 1 fully saturated rings. The number of sulfonamides is 1. The van der Waals surface area contributed by atoms with Crippen LogP contribution in [-0.4, -0.2) is 63.9 Å². The Kier molecular flexibility index (Phi) is 8.00. The first-order valence-corrected chi connectivity index (χ1v) is 14.2. The zero-order valence-corrected chi connectivity index (χ0v) is 22.1. The minimum Gasteiger partial charge on any atom is -0.368 e. The Labute approximate surface area is 214 Å². The van der Waals surface area contributed by atoms with E-state index in [9.17, 15) is 18.0 Å². The van der Waals surface area contributed by atoms with Crippen LogP contribution in [0.1, 0.15) is 39.2 Å². The van der Waals surface area contributed by atoms with Gasteiger partial charge in [-0.1, -0.05) is 39.0 Å². The summed E-state index contributed by atoms with van der Waals surface area (Å²) in [4.78, 5) is 31.5. The number of nitrogens with zero attached hydrogens (tertiary/aromatic N) is 3. The molecule has 0 spiro atoms. The van der Waals surface area contributed by atoms with Crippen molar-refractivity contribution in [2.75, 3.05) is 42.5 Å². The molecule has 1 N–H and O–H groups in total. The van der Waals surface area contributed by atoms with E-state index in [-0.39, 0.29) is 22.6 Å². The van der Waals surface area contributed by atoms with E-state index in [2.05, 4.69) is 21.8 Å². The molecule has 9 heteroatoms. The lowest BCUT2D eigenvalue weighted by Crippen LogP contribution is -2.55. The Balaban J connectivity index is 1.47. The molecule has 2 aliphatic rings. The summed E-state index contributed by atoms with van der Waals surface area (Å²) in [6.07, 6.45) is 1.44. The molecular weight excluding hydrogens is 476 g/mol. The highest BCUT2D eigenvalue weighted by Gasteiger charge is 2.33. The summed E-state index contributed by atoms with van der Waals surface area (Å²) in [5.74, 6) is -0.0146. The molecule has 4 rings (SSSR count). The first kappa shape index (κ1) is 26.2. The van der Waals surface area contributed by atoms with Gasteiger partial charge >= 0.3 is 0 Å². The van der Waals surface area contributed by atoms with Gasteiger partial charge in [-0.25, -0.2) is 8.42 Å². The molecule has 0 radical (unpaired) electrons. The van der Waals surface area contributed by atoms with Crippen molar-refractivity contribution < 1.29 is 18.0 Å². The van der Waals surface area contributed by atoms with Crippen molar-refractivity contribution in [3.8, 4) is 0 Å². The molecule has 2 aliphatic heterocycles. The molecule has 2 aromatic carbocycles. The van der Waals surface area contributed by atoms with Gasteiger partial charge in [-0.05, 0) is 54.7 Å². The highest BCUT2D eigenvalue weighted by Crippen LogP contribution is 2.31. The Bertz CT molecular complexity index is 1190. The third-order valence-corrected chi connectivity index (χ3v) is 8.34. The van der Waals surface area contributed by atoms with Crippen LogP contribution in [0, 0.1) is 5.92 Å². The summed E-state index contributed by atoms with van der Waals surface area (Å²) < 4.78 is 29.4. The lowest BCUT2D eigenvalue weighted by atomic mass is 10.0. The van der Waals surface area contributed by atoms with Crippen LogP contribution in [0.15, 0.2) is 53.4 Å². The van der Waals surface area contributed by atoms with Crippen LogP contribution in [0.3, 0.4) is 0 Å². The van der Waals surface area contributed by atoms with Crippen molar-refractivity contribution in [2.24, 2.45) is 5.92 Å². The average Bonchev–Trinajstić information content (AvgIpc) is 3.31. The number of amides is 2. The van der Waals surface area contributed by atoms with Crippen molar-refractivity contribution >= 4 is 33.2 Å². The van der Waals surface area contributed by atoms with E-state index in [4.69, 9.17) is 0 Å². The number of hydrogen-bond acceptors (Lipinski definition) is 5. The molecule has 2 amide bonds. The number of piperazine rings is 1. The summed E-state index contributed by atoms with van der Waals surface area (Å²) >= 11 is 0. The summed E-state index contributed by atoms with van der Waals surface area (Å²) in [5.41, 5.74) is 2.73. The molecule has 1 saturated heterocycles. The quantitative estimate of drug-likeness (QED) is 0.587. The van der Waals surface area contributed by atoms with E-state index in [1.807, 2.05) is 39.0 Å². The summed E-state index contributed by atoms with van der Waals surface area (Å²) in [7, 11) is -3.92. The minimum absolute atomic E-state index is 0.0254. The number of rotatable bonds is 8. The third-order valence-electron chi connectivity index (χ3n) is 6.88. The van der Waals surface area contributed by atoms with Crippen LogP contribution in [0.4, 0.5) is 11.4 Å². The van der Waals surface area contributed by atoms with Gasteiger partial charge in [0.05, 0.1) is 4.90 Å². The molecule has 36 heavy (non-hydrogen) atoms. The fourth-order valence-corrected chi connectivity index (χ4v) is 6.22. The van der Waals surface area contributed by atoms with Crippen LogP contribution < -0.4 is 14.5 Å². The highest BCUT2D eigenvalue weighted by molar-refractivity contribution is 7.89. The van der Waals surface area contributed by atoms with E-state index in [0.29, 0.717) is 52.0 Å². The molecule has 194 valence electrons. The molecular formula is C27H36N4O4S. The maximum atomic E-state index is 13.5. The number of para-hydroxylation sites is 1. The largest absolute Gasteiger partial charge is 0.368 e. The van der Waals surface area contributed by atoms with Gasteiger partial charge in [0.1, 0.15) is 6.04 Å². The van der Waals surface area contributed by atoms with Gasteiger partial charge in [-0.15, -0.1) is 0 Å². The predicted molar refractivity (Wildman–Crippen MR) is 142 cm³/mol. The standard InChI is InChI=1S/C27H36N4O4S/c1-4-26(32)31-13-12-21-19-23(10-11-25(21)31)36(34,35)28-24(18-20(2)3)27(33)30-16-14-29(15-17-30)22-8-6-5-7-9-22/h5-11,19-20,24,28H,4,12-18H2,1-3H3. The third kappa shape index (κ3) is 5.73. The predicted octanol–water partition coefficient (Wildman–Crippen LogP) is 3.03. The zero-order valence-electron chi connectivity index (χ0n) is 21.3. The second-order valence-corrected chi connectivity index (χ2v) is 11.6. The van der Waals surface area contributed by atoms with Crippen molar-refractivity contribution in [1.82, 2.24) is 9.62 Å². The highest BCUT2D eigenvalue weighted by atomic mass is 32.2. The van der Waals surface area contributed by atoms with Crippen molar-refractivity contribution in [2.45, 2.75) is 51.0 Å². The smallest absolute Gasteiger partial charge is 0.241 e. The van der Waals surface area contributed by atoms with E-state index in [1.165, 1.54) is 6.07 Å². The second-order valence-electron chi connectivity index (χ2n) is 9.89. The first-order chi connectivity index (χ1) is 17.2. The van der Waals surface area contributed by atoms with Crippen molar-refractivity contribution in [3.63, 3.8) is 0 Å². The monoisotopic (exact) mass is 512 g/mol. The van der Waals surface area contributed by atoms with Gasteiger partial charge in [0, 0.05) is 50.5 Å². The first-order valence-electron chi connectivity index (χ1n) is 12.7. The fraction of sp³-hybridized carbons (Fsp3) is 0.481. The minimum atomic E-state index is -3.92. The molecule has 2 heterocycles. The molecule has 1 atom stereocenters. The topological polar surface area (TPSA) is 90.0 Å². The Hall–Kier alpha value is -2.91. The number of carbonyl (C=O) groups is 2. The van der Waals surface area contributed by atoms with Gasteiger partial charge in [-0.2, -0.15) is 4.72 Å². The molecule has 0 aromatic heterocycles. The van der Waals surface area contributed by atoms with Crippen molar-refractivity contribution in [1.29, 1.82) is 0 Å². The van der Waals surface area contributed by atoms with Gasteiger partial charge in [0.2, 0.25) is 21.8 Å². The zero-order chi connectivity index (χ0) is 25.9. The van der Waals surface area contributed by atoms with Gasteiger partial charge in [0.15, 0.2) is 0 Å². The molecule has 8 nitrogen and oxygen atoms in total. The molecule has 0 bridgehead atoms.